The van der Waals surface area contributed by atoms with Crippen molar-refractivity contribution in [3.05, 3.63) is 34.9 Å². The number of ether oxygens (including phenoxy) is 1. The highest BCUT2D eigenvalue weighted by molar-refractivity contribution is 6.30. The molecule has 0 amide bonds. The maximum atomic E-state index is 10.5. The molecule has 0 fully saturated rings. The molecule has 0 saturated carbocycles. The van der Waals surface area contributed by atoms with Crippen molar-refractivity contribution in [2.45, 2.75) is 13.2 Å². The summed E-state index contributed by atoms with van der Waals surface area (Å²) in [6.45, 7) is 1.24. The molecule has 1 aromatic rings. The van der Waals surface area contributed by atoms with Crippen LogP contribution in [0.5, 0.6) is 0 Å². The Morgan fingerprint density at radius 3 is 2.46 bits per heavy atom. The summed E-state index contributed by atoms with van der Waals surface area (Å²) in [6, 6.07) is 6.42. The van der Waals surface area contributed by atoms with Gasteiger partial charge >= 0.3 is 5.97 Å². The SMILES string of the molecule is CC(=O)OC(O)c1ccc(Cl)cc1. The number of hydrogen-bond donors (Lipinski definition) is 1. The van der Waals surface area contributed by atoms with Crippen molar-refractivity contribution in [2.75, 3.05) is 0 Å². The van der Waals surface area contributed by atoms with Gasteiger partial charge in [0.1, 0.15) is 0 Å². The zero-order valence-corrected chi connectivity index (χ0v) is 7.78. The molecule has 1 rings (SSSR count). The smallest absolute Gasteiger partial charge is 0.305 e. The zero-order chi connectivity index (χ0) is 9.84. The zero-order valence-electron chi connectivity index (χ0n) is 7.03. The van der Waals surface area contributed by atoms with Gasteiger partial charge in [0.2, 0.25) is 6.29 Å². The maximum absolute atomic E-state index is 10.5. The predicted octanol–water partition coefficient (Wildman–Crippen LogP) is 1.89. The molecule has 1 N–H and O–H groups in total. The lowest BCUT2D eigenvalue weighted by Crippen LogP contribution is -2.07. The van der Waals surface area contributed by atoms with Gasteiger partial charge in [-0.25, -0.2) is 0 Å². The Kier molecular flexibility index (Phi) is 3.28. The monoisotopic (exact) mass is 200 g/mol. The van der Waals surface area contributed by atoms with Crippen LogP contribution in [0.25, 0.3) is 0 Å². The molecule has 70 valence electrons. The average Bonchev–Trinajstić information content (AvgIpc) is 2.04. The van der Waals surface area contributed by atoms with Crippen LogP contribution in [0.15, 0.2) is 24.3 Å². The minimum Gasteiger partial charge on any atom is -0.432 e. The molecule has 4 heteroatoms. The molecule has 0 heterocycles. The molecular formula is C9H9ClO3. The largest absolute Gasteiger partial charge is 0.432 e. The van der Waals surface area contributed by atoms with E-state index in [0.29, 0.717) is 10.6 Å². The molecular weight excluding hydrogens is 192 g/mol. The van der Waals surface area contributed by atoms with E-state index >= 15 is 0 Å². The van der Waals surface area contributed by atoms with Crippen molar-refractivity contribution >= 4 is 17.6 Å². The first kappa shape index (κ1) is 10.0. The molecule has 0 bridgehead atoms. The summed E-state index contributed by atoms with van der Waals surface area (Å²) in [5.41, 5.74) is 0.500. The molecule has 0 radical (unpaired) electrons. The molecule has 0 aliphatic rings. The summed E-state index contributed by atoms with van der Waals surface area (Å²) in [6.07, 6.45) is -1.21. The van der Waals surface area contributed by atoms with Crippen LogP contribution in [0, 0.1) is 0 Å². The first-order chi connectivity index (χ1) is 6.09. The third-order valence-corrected chi connectivity index (χ3v) is 1.68. The van der Waals surface area contributed by atoms with Gasteiger partial charge in [0, 0.05) is 17.5 Å². The van der Waals surface area contributed by atoms with Gasteiger partial charge in [-0.2, -0.15) is 0 Å². The number of aliphatic hydroxyl groups is 1. The number of halogens is 1. The number of benzene rings is 1. The number of rotatable bonds is 2. The van der Waals surface area contributed by atoms with E-state index < -0.39 is 12.3 Å². The molecule has 1 aromatic carbocycles. The van der Waals surface area contributed by atoms with E-state index in [1.165, 1.54) is 6.92 Å². The van der Waals surface area contributed by atoms with Gasteiger partial charge < -0.3 is 9.84 Å². The number of carbonyl (C=O) groups excluding carboxylic acids is 1. The summed E-state index contributed by atoms with van der Waals surface area (Å²) in [4.78, 5) is 10.5. The topological polar surface area (TPSA) is 46.5 Å². The molecule has 0 aliphatic heterocycles. The van der Waals surface area contributed by atoms with E-state index in [1.54, 1.807) is 24.3 Å². The highest BCUT2D eigenvalue weighted by Gasteiger charge is 2.09. The van der Waals surface area contributed by atoms with Gasteiger partial charge in [-0.3, -0.25) is 4.79 Å². The number of hydrogen-bond acceptors (Lipinski definition) is 3. The standard InChI is InChI=1S/C9H9ClO3/c1-6(11)13-9(12)7-2-4-8(10)5-3-7/h2-5,9,12H,1H3. The van der Waals surface area contributed by atoms with E-state index in [0.717, 1.165) is 0 Å². The molecule has 13 heavy (non-hydrogen) atoms. The number of aliphatic hydroxyl groups excluding tert-OH is 1. The molecule has 0 saturated heterocycles. The van der Waals surface area contributed by atoms with Crippen LogP contribution in [0.4, 0.5) is 0 Å². The van der Waals surface area contributed by atoms with Crippen LogP contribution in [-0.4, -0.2) is 11.1 Å². The Morgan fingerprint density at radius 2 is 2.00 bits per heavy atom. The van der Waals surface area contributed by atoms with E-state index in [1.807, 2.05) is 0 Å². The van der Waals surface area contributed by atoms with Gasteiger partial charge in [0.05, 0.1) is 0 Å². The lowest BCUT2D eigenvalue weighted by atomic mass is 10.2. The summed E-state index contributed by atoms with van der Waals surface area (Å²) in [5.74, 6) is -0.526. The molecule has 0 aromatic heterocycles. The van der Waals surface area contributed by atoms with Crippen LogP contribution in [0.1, 0.15) is 18.8 Å². The first-order valence-corrected chi connectivity index (χ1v) is 4.08. The highest BCUT2D eigenvalue weighted by atomic mass is 35.5. The number of carbonyl (C=O) groups is 1. The van der Waals surface area contributed by atoms with Gasteiger partial charge in [0.15, 0.2) is 0 Å². The van der Waals surface area contributed by atoms with Crippen LogP contribution in [-0.2, 0) is 9.53 Å². The molecule has 0 aliphatic carbocycles. The van der Waals surface area contributed by atoms with Crippen molar-refractivity contribution in [3.8, 4) is 0 Å². The third-order valence-electron chi connectivity index (χ3n) is 1.43. The predicted molar refractivity (Wildman–Crippen MR) is 48.2 cm³/mol. The van der Waals surface area contributed by atoms with Crippen molar-refractivity contribution < 1.29 is 14.6 Å². The summed E-state index contributed by atoms with van der Waals surface area (Å²) in [5, 5.41) is 9.86. The Labute approximate surface area is 80.9 Å². The molecule has 0 spiro atoms. The Balaban J connectivity index is 2.71. The number of esters is 1. The van der Waals surface area contributed by atoms with Crippen molar-refractivity contribution in [3.63, 3.8) is 0 Å². The fourth-order valence-electron chi connectivity index (χ4n) is 0.853. The first-order valence-electron chi connectivity index (χ1n) is 3.70. The highest BCUT2D eigenvalue weighted by Crippen LogP contribution is 2.17. The third kappa shape index (κ3) is 3.05. The van der Waals surface area contributed by atoms with Crippen LogP contribution >= 0.6 is 11.6 Å². The molecule has 1 unspecified atom stereocenters. The van der Waals surface area contributed by atoms with Crippen LogP contribution < -0.4 is 0 Å². The lowest BCUT2D eigenvalue weighted by Gasteiger charge is -2.10. The van der Waals surface area contributed by atoms with Gasteiger partial charge in [-0.1, -0.05) is 23.7 Å². The van der Waals surface area contributed by atoms with Crippen molar-refractivity contribution in [1.82, 2.24) is 0 Å². The van der Waals surface area contributed by atoms with Gasteiger partial charge in [-0.15, -0.1) is 0 Å². The Hall–Kier alpha value is -1.06. The molecule has 1 atom stereocenters. The normalized spacial score (nSPS) is 12.2. The maximum Gasteiger partial charge on any atom is 0.305 e. The summed E-state index contributed by atoms with van der Waals surface area (Å²) < 4.78 is 4.55. The molecule has 3 nitrogen and oxygen atoms in total. The van der Waals surface area contributed by atoms with E-state index in [4.69, 9.17) is 11.6 Å². The van der Waals surface area contributed by atoms with E-state index in [-0.39, 0.29) is 0 Å². The minimum atomic E-state index is -1.21. The van der Waals surface area contributed by atoms with Crippen LogP contribution in [0.2, 0.25) is 5.02 Å². The van der Waals surface area contributed by atoms with Crippen LogP contribution in [0.3, 0.4) is 0 Å². The summed E-state index contributed by atoms with van der Waals surface area (Å²) in [7, 11) is 0. The van der Waals surface area contributed by atoms with E-state index in [9.17, 15) is 9.90 Å². The van der Waals surface area contributed by atoms with Gasteiger partial charge in [-0.05, 0) is 12.1 Å². The second kappa shape index (κ2) is 4.25. The second-order valence-corrected chi connectivity index (χ2v) is 2.95. The second-order valence-electron chi connectivity index (χ2n) is 2.51. The summed E-state index contributed by atoms with van der Waals surface area (Å²) >= 11 is 5.63. The van der Waals surface area contributed by atoms with E-state index in [2.05, 4.69) is 4.74 Å². The van der Waals surface area contributed by atoms with Crippen molar-refractivity contribution in [1.29, 1.82) is 0 Å². The Morgan fingerprint density at radius 1 is 1.46 bits per heavy atom. The van der Waals surface area contributed by atoms with Crippen molar-refractivity contribution in [2.24, 2.45) is 0 Å². The lowest BCUT2D eigenvalue weighted by molar-refractivity contribution is -0.166. The quantitative estimate of drug-likeness (QED) is 0.586. The fourth-order valence-corrected chi connectivity index (χ4v) is 0.979. The minimum absolute atomic E-state index is 0.500. The fraction of sp³-hybridized carbons (Fsp3) is 0.222. The van der Waals surface area contributed by atoms with Gasteiger partial charge in [0.25, 0.3) is 0 Å². The Bertz CT molecular complexity index is 294. The average molecular weight is 201 g/mol.